The Balaban J connectivity index is 1.82. The number of pyridine rings is 1. The number of anilines is 1. The molecule has 0 radical (unpaired) electrons. The molecule has 2 unspecified atom stereocenters. The lowest BCUT2D eigenvalue weighted by Crippen LogP contribution is -2.48. The standard InChI is InChI=1S/C17H17ClN4O/c1-21-4-5-23-16-10-22(9-15(16)21)17-11(7-19)8-20-14-3-2-12(18)6-13(14)17/h2-3,6,8,15-16H,4-5,9-10H2,1H3. The molecule has 118 valence electrons. The molecule has 4 rings (SSSR count). The van der Waals surface area contributed by atoms with E-state index in [1.165, 1.54) is 0 Å². The number of nitriles is 1. The lowest BCUT2D eigenvalue weighted by Gasteiger charge is -2.33. The molecule has 2 atom stereocenters. The molecule has 23 heavy (non-hydrogen) atoms. The van der Waals surface area contributed by atoms with Crippen molar-refractivity contribution in [2.45, 2.75) is 12.1 Å². The average Bonchev–Trinajstić information content (AvgIpc) is 2.98. The van der Waals surface area contributed by atoms with Gasteiger partial charge in [-0.25, -0.2) is 0 Å². The number of ether oxygens (including phenoxy) is 1. The molecule has 2 saturated heterocycles. The maximum absolute atomic E-state index is 9.53. The van der Waals surface area contributed by atoms with Gasteiger partial charge in [0.05, 0.1) is 35.5 Å². The quantitative estimate of drug-likeness (QED) is 0.804. The van der Waals surface area contributed by atoms with Crippen LogP contribution in [-0.2, 0) is 4.74 Å². The summed E-state index contributed by atoms with van der Waals surface area (Å²) in [6.45, 7) is 3.35. The van der Waals surface area contributed by atoms with Crippen molar-refractivity contribution in [3.63, 3.8) is 0 Å². The molecule has 0 saturated carbocycles. The van der Waals surface area contributed by atoms with Crippen LogP contribution in [0.3, 0.4) is 0 Å². The van der Waals surface area contributed by atoms with Crippen LogP contribution in [0.4, 0.5) is 5.69 Å². The second-order valence-electron chi connectivity index (χ2n) is 6.16. The smallest absolute Gasteiger partial charge is 0.103 e. The number of likely N-dealkylation sites (N-methyl/N-ethyl adjacent to an activating group) is 1. The van der Waals surface area contributed by atoms with Crippen molar-refractivity contribution in [3.05, 3.63) is 35.0 Å². The molecular formula is C17H17ClN4O. The fraction of sp³-hybridized carbons (Fsp3) is 0.412. The summed E-state index contributed by atoms with van der Waals surface area (Å²) in [6, 6.07) is 8.25. The average molecular weight is 329 g/mol. The van der Waals surface area contributed by atoms with Crippen LogP contribution in [0.25, 0.3) is 10.9 Å². The van der Waals surface area contributed by atoms with Crippen LogP contribution in [0.2, 0.25) is 5.02 Å². The van der Waals surface area contributed by atoms with Crippen molar-refractivity contribution in [3.8, 4) is 6.07 Å². The van der Waals surface area contributed by atoms with Gasteiger partial charge in [-0.1, -0.05) is 11.6 Å². The van der Waals surface area contributed by atoms with Gasteiger partial charge in [0.2, 0.25) is 0 Å². The number of nitrogens with zero attached hydrogens (tertiary/aromatic N) is 4. The largest absolute Gasteiger partial charge is 0.373 e. The molecule has 1 aromatic carbocycles. The van der Waals surface area contributed by atoms with E-state index in [1.807, 2.05) is 18.2 Å². The fourth-order valence-corrected chi connectivity index (χ4v) is 3.79. The van der Waals surface area contributed by atoms with Crippen LogP contribution in [0.5, 0.6) is 0 Å². The van der Waals surface area contributed by atoms with Gasteiger partial charge in [-0.15, -0.1) is 0 Å². The summed E-state index contributed by atoms with van der Waals surface area (Å²) in [6.07, 6.45) is 1.83. The van der Waals surface area contributed by atoms with Crippen LogP contribution in [0.1, 0.15) is 5.56 Å². The Kier molecular flexibility index (Phi) is 3.61. The van der Waals surface area contributed by atoms with Gasteiger partial charge in [0.15, 0.2) is 0 Å². The second-order valence-corrected chi connectivity index (χ2v) is 6.59. The predicted molar refractivity (Wildman–Crippen MR) is 89.8 cm³/mol. The molecule has 0 N–H and O–H groups in total. The van der Waals surface area contributed by atoms with Gasteiger partial charge in [0.1, 0.15) is 6.07 Å². The Morgan fingerprint density at radius 1 is 1.39 bits per heavy atom. The van der Waals surface area contributed by atoms with E-state index in [1.54, 1.807) is 6.20 Å². The maximum Gasteiger partial charge on any atom is 0.103 e. The minimum absolute atomic E-state index is 0.183. The van der Waals surface area contributed by atoms with Crippen molar-refractivity contribution in [2.24, 2.45) is 0 Å². The zero-order valence-electron chi connectivity index (χ0n) is 12.9. The zero-order chi connectivity index (χ0) is 16.0. The second kappa shape index (κ2) is 5.64. The van der Waals surface area contributed by atoms with Gasteiger partial charge in [0.25, 0.3) is 0 Å². The lowest BCUT2D eigenvalue weighted by atomic mass is 10.1. The molecule has 0 amide bonds. The van der Waals surface area contributed by atoms with E-state index in [9.17, 15) is 5.26 Å². The number of hydrogen-bond acceptors (Lipinski definition) is 5. The van der Waals surface area contributed by atoms with Crippen molar-refractivity contribution in [1.29, 1.82) is 5.26 Å². The molecule has 0 spiro atoms. The molecule has 2 aromatic rings. The monoisotopic (exact) mass is 328 g/mol. The maximum atomic E-state index is 9.53. The lowest BCUT2D eigenvalue weighted by molar-refractivity contribution is -0.0362. The highest BCUT2D eigenvalue weighted by Crippen LogP contribution is 2.35. The van der Waals surface area contributed by atoms with Crippen LogP contribution in [0, 0.1) is 11.3 Å². The van der Waals surface area contributed by atoms with Gasteiger partial charge in [-0.05, 0) is 25.2 Å². The molecule has 2 aliphatic rings. The summed E-state index contributed by atoms with van der Waals surface area (Å²) < 4.78 is 5.93. The molecule has 2 aliphatic heterocycles. The Morgan fingerprint density at radius 2 is 2.26 bits per heavy atom. The number of hydrogen-bond donors (Lipinski definition) is 0. The van der Waals surface area contributed by atoms with Crippen molar-refractivity contribution >= 4 is 28.2 Å². The Bertz CT molecular complexity index is 803. The van der Waals surface area contributed by atoms with Crippen LogP contribution in [0.15, 0.2) is 24.4 Å². The van der Waals surface area contributed by atoms with Gasteiger partial charge < -0.3 is 9.64 Å². The van der Waals surface area contributed by atoms with Crippen LogP contribution < -0.4 is 4.90 Å². The number of morpholine rings is 1. The zero-order valence-corrected chi connectivity index (χ0v) is 13.6. The molecule has 5 nitrogen and oxygen atoms in total. The van der Waals surface area contributed by atoms with Crippen molar-refractivity contribution in [1.82, 2.24) is 9.88 Å². The van der Waals surface area contributed by atoms with Gasteiger partial charge in [-0.2, -0.15) is 5.26 Å². The first-order valence-corrected chi connectivity index (χ1v) is 8.10. The molecular weight excluding hydrogens is 312 g/mol. The van der Waals surface area contributed by atoms with E-state index >= 15 is 0 Å². The minimum Gasteiger partial charge on any atom is -0.373 e. The Morgan fingerprint density at radius 3 is 3.04 bits per heavy atom. The summed E-state index contributed by atoms with van der Waals surface area (Å²) in [5.74, 6) is 0. The summed E-state index contributed by atoms with van der Waals surface area (Å²) in [4.78, 5) is 8.97. The molecule has 0 aliphatic carbocycles. The summed E-state index contributed by atoms with van der Waals surface area (Å²) in [7, 11) is 2.14. The third kappa shape index (κ3) is 2.43. The predicted octanol–water partition coefficient (Wildman–Crippen LogP) is 2.28. The summed E-state index contributed by atoms with van der Waals surface area (Å²) in [5, 5.41) is 11.1. The van der Waals surface area contributed by atoms with Crippen molar-refractivity contribution in [2.75, 3.05) is 38.2 Å². The molecule has 2 fully saturated rings. The first-order chi connectivity index (χ1) is 11.2. The topological polar surface area (TPSA) is 52.4 Å². The van der Waals surface area contributed by atoms with Gasteiger partial charge >= 0.3 is 0 Å². The third-order valence-corrected chi connectivity index (χ3v) is 5.05. The first-order valence-electron chi connectivity index (χ1n) is 7.72. The normalized spacial score (nSPS) is 24.7. The third-order valence-electron chi connectivity index (χ3n) is 4.82. The Labute approximate surface area is 140 Å². The van der Waals surface area contributed by atoms with E-state index in [0.29, 0.717) is 16.6 Å². The molecule has 3 heterocycles. The van der Waals surface area contributed by atoms with Crippen LogP contribution >= 0.6 is 11.6 Å². The van der Waals surface area contributed by atoms with Gasteiger partial charge in [0, 0.05) is 36.2 Å². The first kappa shape index (κ1) is 14.7. The Hall–Kier alpha value is -1.87. The highest BCUT2D eigenvalue weighted by Gasteiger charge is 2.39. The fourth-order valence-electron chi connectivity index (χ4n) is 3.61. The number of halogens is 1. The van der Waals surface area contributed by atoms with E-state index < -0.39 is 0 Å². The number of rotatable bonds is 1. The molecule has 0 bridgehead atoms. The van der Waals surface area contributed by atoms with E-state index in [-0.39, 0.29) is 6.10 Å². The SMILES string of the molecule is CN1CCOC2CN(c3c(C#N)cnc4ccc(Cl)cc34)CC21. The molecule has 6 heteroatoms. The van der Waals surface area contributed by atoms with Crippen molar-refractivity contribution < 1.29 is 4.74 Å². The highest BCUT2D eigenvalue weighted by atomic mass is 35.5. The van der Waals surface area contributed by atoms with E-state index in [2.05, 4.69) is 27.9 Å². The minimum atomic E-state index is 0.183. The number of aromatic nitrogens is 1. The van der Waals surface area contributed by atoms with E-state index in [0.717, 1.165) is 42.8 Å². The van der Waals surface area contributed by atoms with E-state index in [4.69, 9.17) is 16.3 Å². The number of fused-ring (bicyclic) bond motifs is 2. The summed E-state index contributed by atoms with van der Waals surface area (Å²) in [5.41, 5.74) is 2.36. The molecule has 1 aromatic heterocycles. The van der Waals surface area contributed by atoms with Crippen LogP contribution in [-0.4, -0.2) is 55.3 Å². The summed E-state index contributed by atoms with van der Waals surface area (Å²) >= 11 is 6.18. The highest BCUT2D eigenvalue weighted by molar-refractivity contribution is 6.31. The van der Waals surface area contributed by atoms with Gasteiger partial charge in [-0.3, -0.25) is 9.88 Å². The number of benzene rings is 1.